The fourth-order valence-corrected chi connectivity index (χ4v) is 2.11. The molecule has 4 N–H and O–H groups in total. The van der Waals surface area contributed by atoms with E-state index in [4.69, 9.17) is 11.5 Å². The molecule has 9 heavy (non-hydrogen) atoms. The normalized spacial score (nSPS) is 56.7. The number of fused-ring (bicyclic) bond motifs is 2. The van der Waals surface area contributed by atoms with Crippen LogP contribution in [0.1, 0.15) is 19.3 Å². The molecule has 3 aliphatic rings. The van der Waals surface area contributed by atoms with Gasteiger partial charge in [0.15, 0.2) is 0 Å². The van der Waals surface area contributed by atoms with Crippen molar-refractivity contribution in [2.24, 2.45) is 23.3 Å². The SMILES string of the molecule is N[C@@H]1C[C@H](N)C2CC1C2. The summed E-state index contributed by atoms with van der Waals surface area (Å²) in [4.78, 5) is 0. The van der Waals surface area contributed by atoms with Crippen LogP contribution in [-0.4, -0.2) is 12.1 Å². The summed E-state index contributed by atoms with van der Waals surface area (Å²) in [6.07, 6.45) is 3.68. The Kier molecular flexibility index (Phi) is 1.08. The maximum absolute atomic E-state index is 5.83. The Hall–Kier alpha value is -0.0800. The lowest BCUT2D eigenvalue weighted by Crippen LogP contribution is -2.55. The smallest absolute Gasteiger partial charge is 0.00822 e. The zero-order chi connectivity index (χ0) is 6.43. The van der Waals surface area contributed by atoms with Crippen molar-refractivity contribution in [3.05, 3.63) is 0 Å². The molecule has 0 aromatic rings. The highest BCUT2D eigenvalue weighted by atomic mass is 14.8. The van der Waals surface area contributed by atoms with Crippen LogP contribution in [0.4, 0.5) is 0 Å². The molecule has 0 aliphatic heterocycles. The lowest BCUT2D eigenvalue weighted by atomic mass is 9.61. The summed E-state index contributed by atoms with van der Waals surface area (Å²) in [5.41, 5.74) is 11.7. The van der Waals surface area contributed by atoms with E-state index in [1.54, 1.807) is 0 Å². The highest BCUT2D eigenvalue weighted by Crippen LogP contribution is 2.43. The van der Waals surface area contributed by atoms with E-state index in [1.165, 1.54) is 12.8 Å². The highest BCUT2D eigenvalue weighted by molar-refractivity contribution is 4.98. The Balaban J connectivity index is 2.04. The molecule has 3 fully saturated rings. The van der Waals surface area contributed by atoms with Gasteiger partial charge in [-0.25, -0.2) is 0 Å². The molecule has 0 spiro atoms. The third kappa shape index (κ3) is 0.700. The molecule has 0 saturated heterocycles. The standard InChI is InChI=1S/C7H14N2/c8-6-3-7(9)5-1-4(6)2-5/h4-7H,1-3,8-9H2/t4?,5?,6-,7+. The molecule has 2 heteroatoms. The summed E-state index contributed by atoms with van der Waals surface area (Å²) >= 11 is 0. The minimum atomic E-state index is 0.421. The van der Waals surface area contributed by atoms with Crippen LogP contribution in [0.15, 0.2) is 0 Å². The van der Waals surface area contributed by atoms with Crippen molar-refractivity contribution in [3.63, 3.8) is 0 Å². The predicted molar refractivity (Wildman–Crippen MR) is 36.8 cm³/mol. The molecule has 3 rings (SSSR count). The second kappa shape index (κ2) is 1.70. The van der Waals surface area contributed by atoms with Gasteiger partial charge in [0.2, 0.25) is 0 Å². The van der Waals surface area contributed by atoms with E-state index in [9.17, 15) is 0 Å². The fraction of sp³-hybridized carbons (Fsp3) is 1.00. The van der Waals surface area contributed by atoms with Gasteiger partial charge in [0, 0.05) is 12.1 Å². The molecule has 2 atom stereocenters. The Labute approximate surface area is 55.6 Å². The third-order valence-corrected chi connectivity index (χ3v) is 2.97. The molecule has 52 valence electrons. The van der Waals surface area contributed by atoms with Crippen molar-refractivity contribution in [1.82, 2.24) is 0 Å². The minimum Gasteiger partial charge on any atom is -0.327 e. The van der Waals surface area contributed by atoms with Gasteiger partial charge in [-0.3, -0.25) is 0 Å². The van der Waals surface area contributed by atoms with Crippen molar-refractivity contribution in [2.75, 3.05) is 0 Å². The van der Waals surface area contributed by atoms with Gasteiger partial charge in [-0.1, -0.05) is 0 Å². The Morgan fingerprint density at radius 1 is 0.778 bits per heavy atom. The molecule has 0 heterocycles. The van der Waals surface area contributed by atoms with E-state index in [-0.39, 0.29) is 0 Å². The number of rotatable bonds is 0. The van der Waals surface area contributed by atoms with Crippen molar-refractivity contribution in [2.45, 2.75) is 31.3 Å². The summed E-state index contributed by atoms with van der Waals surface area (Å²) in [5.74, 6) is 1.66. The van der Waals surface area contributed by atoms with Crippen molar-refractivity contribution >= 4 is 0 Å². The van der Waals surface area contributed by atoms with Crippen LogP contribution in [0.2, 0.25) is 0 Å². The van der Waals surface area contributed by atoms with Gasteiger partial charge >= 0.3 is 0 Å². The lowest BCUT2D eigenvalue weighted by molar-refractivity contribution is 0.0697. The van der Waals surface area contributed by atoms with Crippen LogP contribution in [-0.2, 0) is 0 Å². The van der Waals surface area contributed by atoms with Crippen LogP contribution >= 0.6 is 0 Å². The van der Waals surface area contributed by atoms with E-state index in [1.807, 2.05) is 0 Å². The van der Waals surface area contributed by atoms with Gasteiger partial charge in [0.25, 0.3) is 0 Å². The summed E-state index contributed by atoms with van der Waals surface area (Å²) in [5, 5.41) is 0. The second-order valence-electron chi connectivity index (χ2n) is 3.55. The molecule has 2 nitrogen and oxygen atoms in total. The molecule has 3 saturated carbocycles. The Morgan fingerprint density at radius 2 is 1.22 bits per heavy atom. The van der Waals surface area contributed by atoms with E-state index in [2.05, 4.69) is 0 Å². The monoisotopic (exact) mass is 126 g/mol. The second-order valence-corrected chi connectivity index (χ2v) is 3.55. The summed E-state index contributed by atoms with van der Waals surface area (Å²) < 4.78 is 0. The maximum atomic E-state index is 5.83. The van der Waals surface area contributed by atoms with E-state index in [0.29, 0.717) is 12.1 Å². The summed E-state index contributed by atoms with van der Waals surface area (Å²) in [6, 6.07) is 0.843. The zero-order valence-corrected chi connectivity index (χ0v) is 5.59. The van der Waals surface area contributed by atoms with E-state index >= 15 is 0 Å². The van der Waals surface area contributed by atoms with Gasteiger partial charge in [0.1, 0.15) is 0 Å². The fourth-order valence-electron chi connectivity index (χ4n) is 2.11. The number of hydrogen-bond donors (Lipinski definition) is 2. The topological polar surface area (TPSA) is 52.0 Å². The van der Waals surface area contributed by atoms with E-state index in [0.717, 1.165) is 18.3 Å². The van der Waals surface area contributed by atoms with Gasteiger partial charge < -0.3 is 11.5 Å². The lowest BCUT2D eigenvalue weighted by Gasteiger charge is -2.48. The molecule has 2 bridgehead atoms. The summed E-state index contributed by atoms with van der Waals surface area (Å²) in [7, 11) is 0. The first kappa shape index (κ1) is 5.69. The molecule has 0 aromatic carbocycles. The Morgan fingerprint density at radius 3 is 1.44 bits per heavy atom. The van der Waals surface area contributed by atoms with Crippen LogP contribution in [0.3, 0.4) is 0 Å². The molecular formula is C7H14N2. The van der Waals surface area contributed by atoms with Crippen LogP contribution in [0.5, 0.6) is 0 Å². The van der Waals surface area contributed by atoms with Crippen molar-refractivity contribution < 1.29 is 0 Å². The van der Waals surface area contributed by atoms with Gasteiger partial charge in [0.05, 0.1) is 0 Å². The minimum absolute atomic E-state index is 0.421. The number of hydrogen-bond acceptors (Lipinski definition) is 2. The highest BCUT2D eigenvalue weighted by Gasteiger charge is 2.42. The van der Waals surface area contributed by atoms with Crippen molar-refractivity contribution in [1.29, 1.82) is 0 Å². The van der Waals surface area contributed by atoms with Gasteiger partial charge in [-0.15, -0.1) is 0 Å². The first-order valence-corrected chi connectivity index (χ1v) is 3.78. The van der Waals surface area contributed by atoms with Crippen LogP contribution < -0.4 is 11.5 Å². The van der Waals surface area contributed by atoms with Crippen LogP contribution in [0.25, 0.3) is 0 Å². The first-order chi connectivity index (χ1) is 4.27. The zero-order valence-electron chi connectivity index (χ0n) is 5.59. The molecule has 3 aliphatic carbocycles. The average molecular weight is 126 g/mol. The number of nitrogens with two attached hydrogens (primary N) is 2. The molecular weight excluding hydrogens is 112 g/mol. The summed E-state index contributed by atoms with van der Waals surface area (Å²) in [6.45, 7) is 0. The quantitative estimate of drug-likeness (QED) is 0.482. The molecule has 0 aromatic heterocycles. The Bertz CT molecular complexity index is 106. The first-order valence-electron chi connectivity index (χ1n) is 3.78. The molecule has 0 radical (unpaired) electrons. The molecule has 0 unspecified atom stereocenters. The van der Waals surface area contributed by atoms with Gasteiger partial charge in [-0.2, -0.15) is 0 Å². The predicted octanol–water partition coefficient (Wildman–Crippen LogP) is 0.0709. The molecule has 0 amide bonds. The average Bonchev–Trinajstić information content (AvgIpc) is 1.57. The maximum Gasteiger partial charge on any atom is 0.00822 e. The van der Waals surface area contributed by atoms with E-state index < -0.39 is 0 Å². The third-order valence-electron chi connectivity index (χ3n) is 2.97. The van der Waals surface area contributed by atoms with Crippen molar-refractivity contribution in [3.8, 4) is 0 Å². The van der Waals surface area contributed by atoms with Crippen LogP contribution in [0, 0.1) is 11.8 Å². The largest absolute Gasteiger partial charge is 0.327 e. The van der Waals surface area contributed by atoms with Gasteiger partial charge in [-0.05, 0) is 31.1 Å².